The fourth-order valence-electron chi connectivity index (χ4n) is 2.62. The summed E-state index contributed by atoms with van der Waals surface area (Å²) >= 11 is 0. The molecule has 1 atom stereocenters. The second kappa shape index (κ2) is 6.47. The smallest absolute Gasteiger partial charge is 0.323 e. The summed E-state index contributed by atoms with van der Waals surface area (Å²) in [6.45, 7) is 1.16. The summed E-state index contributed by atoms with van der Waals surface area (Å²) in [6, 6.07) is 6.36. The molecule has 1 aliphatic heterocycles. The van der Waals surface area contributed by atoms with E-state index in [2.05, 4.69) is 0 Å². The molecule has 6 heteroatoms. The molecule has 1 fully saturated rings. The van der Waals surface area contributed by atoms with Gasteiger partial charge in [-0.05, 0) is 19.4 Å². The molecule has 0 aromatic heterocycles. The molecule has 1 aromatic carbocycles. The van der Waals surface area contributed by atoms with E-state index >= 15 is 0 Å². The normalized spacial score (nSPS) is 19.6. The number of hydrogen-bond donors (Lipinski definition) is 0. The summed E-state index contributed by atoms with van der Waals surface area (Å²) in [4.78, 5) is 24.4. The Labute approximate surface area is 117 Å². The fraction of sp³-hybridized carbons (Fsp3) is 0.500. The van der Waals surface area contributed by atoms with Crippen molar-refractivity contribution in [2.24, 2.45) is 0 Å². The number of ether oxygens (including phenoxy) is 1. The largest absolute Gasteiger partial charge is 0.468 e. The Morgan fingerprint density at radius 1 is 1.45 bits per heavy atom. The number of nitro benzene ring substituents is 1. The monoisotopic (exact) mass is 278 g/mol. The van der Waals surface area contributed by atoms with Crippen molar-refractivity contribution in [2.45, 2.75) is 31.8 Å². The van der Waals surface area contributed by atoms with Crippen LogP contribution in [0.15, 0.2) is 24.3 Å². The quantitative estimate of drug-likeness (QED) is 0.479. The van der Waals surface area contributed by atoms with E-state index in [-0.39, 0.29) is 22.6 Å². The first-order valence-corrected chi connectivity index (χ1v) is 6.67. The van der Waals surface area contributed by atoms with Gasteiger partial charge in [0.25, 0.3) is 5.69 Å². The van der Waals surface area contributed by atoms with Gasteiger partial charge in [-0.2, -0.15) is 0 Å². The van der Waals surface area contributed by atoms with Crippen LogP contribution in [0, 0.1) is 10.1 Å². The van der Waals surface area contributed by atoms with Gasteiger partial charge in [0, 0.05) is 18.2 Å². The number of hydrogen-bond acceptors (Lipinski definition) is 5. The topological polar surface area (TPSA) is 72.7 Å². The Kier molecular flexibility index (Phi) is 4.68. The van der Waals surface area contributed by atoms with Crippen LogP contribution in [0.3, 0.4) is 0 Å². The van der Waals surface area contributed by atoms with Crippen LogP contribution < -0.4 is 0 Å². The number of esters is 1. The fourth-order valence-corrected chi connectivity index (χ4v) is 2.62. The second-order valence-corrected chi connectivity index (χ2v) is 4.89. The molecule has 0 amide bonds. The summed E-state index contributed by atoms with van der Waals surface area (Å²) in [7, 11) is 1.38. The molecule has 2 rings (SSSR count). The van der Waals surface area contributed by atoms with E-state index in [0.717, 1.165) is 25.8 Å². The lowest BCUT2D eigenvalue weighted by molar-refractivity contribution is -0.385. The second-order valence-electron chi connectivity index (χ2n) is 4.89. The number of benzene rings is 1. The van der Waals surface area contributed by atoms with Gasteiger partial charge in [-0.3, -0.25) is 19.8 Å². The van der Waals surface area contributed by atoms with Gasteiger partial charge in [0.15, 0.2) is 0 Å². The highest BCUT2D eigenvalue weighted by Gasteiger charge is 2.30. The molecule has 0 spiro atoms. The first kappa shape index (κ1) is 14.5. The van der Waals surface area contributed by atoms with E-state index in [1.54, 1.807) is 18.2 Å². The summed E-state index contributed by atoms with van der Waals surface area (Å²) < 4.78 is 4.82. The number of nitrogens with zero attached hydrogens (tertiary/aromatic N) is 2. The zero-order valence-corrected chi connectivity index (χ0v) is 11.4. The highest BCUT2D eigenvalue weighted by molar-refractivity contribution is 5.75. The van der Waals surface area contributed by atoms with Gasteiger partial charge in [0.1, 0.15) is 6.04 Å². The summed E-state index contributed by atoms with van der Waals surface area (Å²) in [5, 5.41) is 11.0. The maximum atomic E-state index is 11.8. The van der Waals surface area contributed by atoms with E-state index in [4.69, 9.17) is 4.74 Å². The summed E-state index contributed by atoms with van der Waals surface area (Å²) in [5.74, 6) is -0.261. The van der Waals surface area contributed by atoms with Crippen molar-refractivity contribution in [3.63, 3.8) is 0 Å². The maximum absolute atomic E-state index is 11.8. The van der Waals surface area contributed by atoms with Gasteiger partial charge >= 0.3 is 5.97 Å². The minimum atomic E-state index is -0.383. The predicted molar refractivity (Wildman–Crippen MR) is 73.2 cm³/mol. The molecule has 0 bridgehead atoms. The molecule has 1 aromatic rings. The van der Waals surface area contributed by atoms with E-state index in [1.807, 2.05) is 4.90 Å². The number of para-hydroxylation sites is 1. The van der Waals surface area contributed by atoms with Gasteiger partial charge in [-0.15, -0.1) is 0 Å². The van der Waals surface area contributed by atoms with E-state index < -0.39 is 0 Å². The van der Waals surface area contributed by atoms with Crippen LogP contribution in [-0.4, -0.2) is 35.5 Å². The van der Waals surface area contributed by atoms with Crippen molar-refractivity contribution in [1.82, 2.24) is 4.90 Å². The Balaban J connectivity index is 2.19. The molecular weight excluding hydrogens is 260 g/mol. The third kappa shape index (κ3) is 3.14. The number of methoxy groups -OCH3 is 1. The lowest BCUT2D eigenvalue weighted by Crippen LogP contribution is -2.44. The third-order valence-electron chi connectivity index (χ3n) is 3.65. The van der Waals surface area contributed by atoms with Crippen LogP contribution in [0.5, 0.6) is 0 Å². The van der Waals surface area contributed by atoms with Crippen molar-refractivity contribution in [3.05, 3.63) is 39.9 Å². The van der Waals surface area contributed by atoms with Crippen molar-refractivity contribution in [2.75, 3.05) is 13.7 Å². The summed E-state index contributed by atoms with van der Waals surface area (Å²) in [5.41, 5.74) is 0.731. The summed E-state index contributed by atoms with van der Waals surface area (Å²) in [6.07, 6.45) is 2.72. The van der Waals surface area contributed by atoms with Crippen LogP contribution >= 0.6 is 0 Å². The number of carbonyl (C=O) groups excluding carboxylic acids is 1. The molecule has 0 saturated carbocycles. The number of carbonyl (C=O) groups is 1. The van der Waals surface area contributed by atoms with Gasteiger partial charge in [0.05, 0.1) is 12.0 Å². The molecule has 1 heterocycles. The Bertz CT molecular complexity index is 504. The van der Waals surface area contributed by atoms with Crippen LogP contribution in [-0.2, 0) is 16.1 Å². The van der Waals surface area contributed by atoms with Crippen molar-refractivity contribution in [1.29, 1.82) is 0 Å². The lowest BCUT2D eigenvalue weighted by atomic mass is 10.0. The van der Waals surface area contributed by atoms with Gasteiger partial charge in [0.2, 0.25) is 0 Å². The lowest BCUT2D eigenvalue weighted by Gasteiger charge is -2.33. The van der Waals surface area contributed by atoms with E-state index in [0.29, 0.717) is 12.1 Å². The molecule has 6 nitrogen and oxygen atoms in total. The number of piperidine rings is 1. The van der Waals surface area contributed by atoms with E-state index in [1.165, 1.54) is 13.2 Å². The first-order chi connectivity index (χ1) is 9.63. The number of likely N-dealkylation sites (tertiary alicyclic amines) is 1. The van der Waals surface area contributed by atoms with Gasteiger partial charge < -0.3 is 4.74 Å². The van der Waals surface area contributed by atoms with Gasteiger partial charge in [-0.1, -0.05) is 24.6 Å². The van der Waals surface area contributed by atoms with Crippen molar-refractivity contribution < 1.29 is 14.5 Å². The van der Waals surface area contributed by atoms with Gasteiger partial charge in [-0.25, -0.2) is 0 Å². The molecule has 0 N–H and O–H groups in total. The molecule has 1 saturated heterocycles. The standard InChI is InChI=1S/C14H18N2O4/c1-20-14(17)13-8-4-5-9-15(13)10-11-6-2-3-7-12(11)16(18)19/h2-3,6-7,13H,4-5,8-10H2,1H3/t13-/m1/s1. The Hall–Kier alpha value is -1.95. The average Bonchev–Trinajstić information content (AvgIpc) is 2.47. The molecule has 0 radical (unpaired) electrons. The highest BCUT2D eigenvalue weighted by Crippen LogP contribution is 2.24. The Morgan fingerprint density at radius 2 is 2.20 bits per heavy atom. The zero-order chi connectivity index (χ0) is 14.5. The maximum Gasteiger partial charge on any atom is 0.323 e. The molecular formula is C14H18N2O4. The third-order valence-corrected chi connectivity index (χ3v) is 3.65. The average molecular weight is 278 g/mol. The van der Waals surface area contributed by atoms with Crippen LogP contribution in [0.1, 0.15) is 24.8 Å². The molecule has 20 heavy (non-hydrogen) atoms. The zero-order valence-electron chi connectivity index (χ0n) is 11.4. The van der Waals surface area contributed by atoms with E-state index in [9.17, 15) is 14.9 Å². The Morgan fingerprint density at radius 3 is 2.90 bits per heavy atom. The molecule has 0 aliphatic carbocycles. The highest BCUT2D eigenvalue weighted by atomic mass is 16.6. The van der Waals surface area contributed by atoms with Crippen LogP contribution in [0.25, 0.3) is 0 Å². The number of rotatable bonds is 4. The minimum absolute atomic E-state index is 0.0988. The SMILES string of the molecule is COC(=O)[C@H]1CCCCN1Cc1ccccc1[N+](=O)[O-]. The molecule has 108 valence electrons. The first-order valence-electron chi connectivity index (χ1n) is 6.67. The molecule has 1 aliphatic rings. The van der Waals surface area contributed by atoms with Crippen LogP contribution in [0.2, 0.25) is 0 Å². The number of nitro groups is 1. The minimum Gasteiger partial charge on any atom is -0.468 e. The van der Waals surface area contributed by atoms with Crippen molar-refractivity contribution >= 4 is 11.7 Å². The van der Waals surface area contributed by atoms with Crippen molar-refractivity contribution in [3.8, 4) is 0 Å². The van der Waals surface area contributed by atoms with Crippen LogP contribution in [0.4, 0.5) is 5.69 Å². The molecule has 0 unspecified atom stereocenters. The predicted octanol–water partition coefficient (Wildman–Crippen LogP) is 2.12.